The molecule has 0 bridgehead atoms. The molecule has 0 spiro atoms. The van der Waals surface area contributed by atoms with Gasteiger partial charge in [-0.3, -0.25) is 4.79 Å². The molecule has 1 aromatic carbocycles. The van der Waals surface area contributed by atoms with E-state index in [1.807, 2.05) is 30.3 Å². The summed E-state index contributed by atoms with van der Waals surface area (Å²) >= 11 is 0. The Balaban J connectivity index is 2.54. The molecule has 0 heterocycles. The zero-order valence-electron chi connectivity index (χ0n) is 11.0. The van der Waals surface area contributed by atoms with E-state index in [9.17, 15) is 4.79 Å². The van der Waals surface area contributed by atoms with Gasteiger partial charge in [0.25, 0.3) is 0 Å². The number of rotatable bonds is 8. The van der Waals surface area contributed by atoms with Crippen LogP contribution in [0.2, 0.25) is 0 Å². The minimum absolute atomic E-state index is 0.0702. The number of hydrogen-bond acceptors (Lipinski definition) is 2. The first kappa shape index (κ1) is 14.5. The average Bonchev–Trinajstić information content (AvgIpc) is 2.38. The van der Waals surface area contributed by atoms with Crippen LogP contribution in [-0.2, 0) is 11.3 Å². The van der Waals surface area contributed by atoms with Gasteiger partial charge < -0.3 is 10.6 Å². The highest BCUT2D eigenvalue weighted by molar-refractivity contribution is 5.91. The molecular weight excluding hydrogens is 224 g/mol. The van der Waals surface area contributed by atoms with E-state index in [-0.39, 0.29) is 5.91 Å². The van der Waals surface area contributed by atoms with Crippen LogP contribution in [0, 0.1) is 0 Å². The van der Waals surface area contributed by atoms with Crippen LogP contribution in [0.5, 0.6) is 0 Å². The number of carbonyl (C=O) groups is 1. The van der Waals surface area contributed by atoms with E-state index in [1.165, 1.54) is 0 Å². The molecule has 0 unspecified atom stereocenters. The molecule has 0 fully saturated rings. The van der Waals surface area contributed by atoms with Crippen molar-refractivity contribution in [2.75, 3.05) is 11.9 Å². The van der Waals surface area contributed by atoms with Gasteiger partial charge in [-0.25, -0.2) is 0 Å². The summed E-state index contributed by atoms with van der Waals surface area (Å²) in [6.45, 7) is 7.41. The minimum atomic E-state index is 0.0702. The zero-order valence-corrected chi connectivity index (χ0v) is 11.0. The van der Waals surface area contributed by atoms with Crippen molar-refractivity contribution in [3.63, 3.8) is 0 Å². The molecule has 0 aliphatic rings. The maximum absolute atomic E-state index is 11.7. The third-order valence-corrected chi connectivity index (χ3v) is 2.67. The third kappa shape index (κ3) is 5.15. The fourth-order valence-electron chi connectivity index (χ4n) is 1.68. The van der Waals surface area contributed by atoms with E-state index in [0.717, 1.165) is 37.2 Å². The fraction of sp³-hybridized carbons (Fsp3) is 0.400. The monoisotopic (exact) mass is 246 g/mol. The molecule has 0 aliphatic heterocycles. The van der Waals surface area contributed by atoms with Crippen LogP contribution in [0.15, 0.2) is 36.9 Å². The number of allylic oxidation sites excluding steroid dienone is 1. The van der Waals surface area contributed by atoms with E-state index < -0.39 is 0 Å². The summed E-state index contributed by atoms with van der Waals surface area (Å²) in [4.78, 5) is 11.7. The summed E-state index contributed by atoms with van der Waals surface area (Å²) in [6, 6.07) is 7.90. The van der Waals surface area contributed by atoms with E-state index in [4.69, 9.17) is 0 Å². The smallest absolute Gasteiger partial charge is 0.224 e. The molecule has 0 radical (unpaired) electrons. The second kappa shape index (κ2) is 8.48. The molecule has 0 saturated carbocycles. The van der Waals surface area contributed by atoms with Crippen LogP contribution in [0.1, 0.15) is 31.7 Å². The van der Waals surface area contributed by atoms with Crippen LogP contribution < -0.4 is 10.6 Å². The van der Waals surface area contributed by atoms with Gasteiger partial charge >= 0.3 is 0 Å². The van der Waals surface area contributed by atoms with Gasteiger partial charge in [0.15, 0.2) is 0 Å². The van der Waals surface area contributed by atoms with Crippen LogP contribution in [0.25, 0.3) is 0 Å². The molecule has 0 aliphatic carbocycles. The first-order valence-electron chi connectivity index (χ1n) is 6.47. The lowest BCUT2D eigenvalue weighted by molar-refractivity contribution is -0.116. The Morgan fingerprint density at radius 1 is 1.39 bits per heavy atom. The molecule has 2 N–H and O–H groups in total. The molecule has 0 aromatic heterocycles. The fourth-order valence-corrected chi connectivity index (χ4v) is 1.68. The SMILES string of the molecule is C=CCCCC(=O)Nc1ccccc1CNCC. The predicted molar refractivity (Wildman–Crippen MR) is 76.5 cm³/mol. The number of benzene rings is 1. The topological polar surface area (TPSA) is 41.1 Å². The van der Waals surface area contributed by atoms with Crippen LogP contribution in [-0.4, -0.2) is 12.5 Å². The van der Waals surface area contributed by atoms with Crippen molar-refractivity contribution in [1.29, 1.82) is 0 Å². The lowest BCUT2D eigenvalue weighted by Crippen LogP contribution is -2.16. The Morgan fingerprint density at radius 2 is 2.17 bits per heavy atom. The molecule has 18 heavy (non-hydrogen) atoms. The van der Waals surface area contributed by atoms with Gasteiger partial charge in [0.1, 0.15) is 0 Å². The lowest BCUT2D eigenvalue weighted by Gasteiger charge is -2.11. The highest BCUT2D eigenvalue weighted by atomic mass is 16.1. The second-order valence-electron chi connectivity index (χ2n) is 4.17. The normalized spacial score (nSPS) is 10.1. The molecule has 0 saturated heterocycles. The Hall–Kier alpha value is -1.61. The van der Waals surface area contributed by atoms with Gasteiger partial charge in [-0.15, -0.1) is 6.58 Å². The first-order valence-corrected chi connectivity index (χ1v) is 6.47. The van der Waals surface area contributed by atoms with Crippen molar-refractivity contribution in [2.45, 2.75) is 32.7 Å². The van der Waals surface area contributed by atoms with Gasteiger partial charge in [-0.2, -0.15) is 0 Å². The maximum atomic E-state index is 11.7. The maximum Gasteiger partial charge on any atom is 0.224 e. The Labute approximate surface area is 109 Å². The molecule has 1 rings (SSSR count). The van der Waals surface area contributed by atoms with Crippen molar-refractivity contribution in [3.05, 3.63) is 42.5 Å². The Kier molecular flexibility index (Phi) is 6.81. The second-order valence-corrected chi connectivity index (χ2v) is 4.17. The number of amides is 1. The van der Waals surface area contributed by atoms with Gasteiger partial charge in [0, 0.05) is 18.7 Å². The Morgan fingerprint density at radius 3 is 2.89 bits per heavy atom. The molecule has 3 nitrogen and oxygen atoms in total. The summed E-state index contributed by atoms with van der Waals surface area (Å²) in [6.07, 6.45) is 4.12. The van der Waals surface area contributed by atoms with E-state index in [2.05, 4.69) is 24.1 Å². The predicted octanol–water partition coefficient (Wildman–Crippen LogP) is 3.09. The minimum Gasteiger partial charge on any atom is -0.326 e. The summed E-state index contributed by atoms with van der Waals surface area (Å²) < 4.78 is 0. The molecule has 98 valence electrons. The summed E-state index contributed by atoms with van der Waals surface area (Å²) in [7, 11) is 0. The molecular formula is C15H22N2O. The van der Waals surface area contributed by atoms with Crippen molar-refractivity contribution in [2.24, 2.45) is 0 Å². The number of hydrogen-bond donors (Lipinski definition) is 2. The van der Waals surface area contributed by atoms with Gasteiger partial charge in [-0.1, -0.05) is 31.2 Å². The molecule has 1 aromatic rings. The van der Waals surface area contributed by atoms with Crippen LogP contribution in [0.3, 0.4) is 0 Å². The summed E-state index contributed by atoms with van der Waals surface area (Å²) in [5.74, 6) is 0.0702. The lowest BCUT2D eigenvalue weighted by atomic mass is 10.1. The molecule has 3 heteroatoms. The quantitative estimate of drug-likeness (QED) is 0.546. The standard InChI is InChI=1S/C15H22N2O/c1-3-5-6-11-15(18)17-14-10-8-7-9-13(14)12-16-4-2/h3,7-10,16H,1,4-6,11-12H2,2H3,(H,17,18). The number of nitrogens with one attached hydrogen (secondary N) is 2. The van der Waals surface area contributed by atoms with Crippen molar-refractivity contribution >= 4 is 11.6 Å². The molecule has 0 atom stereocenters. The van der Waals surface area contributed by atoms with E-state index >= 15 is 0 Å². The third-order valence-electron chi connectivity index (χ3n) is 2.67. The molecule has 1 amide bonds. The van der Waals surface area contributed by atoms with E-state index in [0.29, 0.717) is 6.42 Å². The number of anilines is 1. The van der Waals surface area contributed by atoms with Gasteiger partial charge in [0.2, 0.25) is 5.91 Å². The van der Waals surface area contributed by atoms with Crippen LogP contribution >= 0.6 is 0 Å². The largest absolute Gasteiger partial charge is 0.326 e. The van der Waals surface area contributed by atoms with Crippen molar-refractivity contribution in [3.8, 4) is 0 Å². The van der Waals surface area contributed by atoms with E-state index in [1.54, 1.807) is 0 Å². The van der Waals surface area contributed by atoms with Gasteiger partial charge in [-0.05, 0) is 31.0 Å². The summed E-state index contributed by atoms with van der Waals surface area (Å²) in [5.41, 5.74) is 2.03. The number of para-hydroxylation sites is 1. The average molecular weight is 246 g/mol. The van der Waals surface area contributed by atoms with Gasteiger partial charge in [0.05, 0.1) is 0 Å². The van der Waals surface area contributed by atoms with Crippen LogP contribution in [0.4, 0.5) is 5.69 Å². The van der Waals surface area contributed by atoms with Crippen molar-refractivity contribution < 1.29 is 4.79 Å². The summed E-state index contributed by atoms with van der Waals surface area (Å²) in [5, 5.41) is 6.23. The zero-order chi connectivity index (χ0) is 13.2. The Bertz CT molecular complexity index is 388. The highest BCUT2D eigenvalue weighted by Gasteiger charge is 2.05. The van der Waals surface area contributed by atoms with Crippen molar-refractivity contribution in [1.82, 2.24) is 5.32 Å². The first-order chi connectivity index (χ1) is 8.77. The highest BCUT2D eigenvalue weighted by Crippen LogP contribution is 2.15. The number of unbranched alkanes of at least 4 members (excludes halogenated alkanes) is 1. The number of carbonyl (C=O) groups excluding carboxylic acids is 1.